The van der Waals surface area contributed by atoms with Crippen molar-refractivity contribution in [2.24, 2.45) is 0 Å². The molecule has 0 saturated heterocycles. The first-order valence-corrected chi connectivity index (χ1v) is 5.55. The first-order valence-electron chi connectivity index (χ1n) is 5.17. The molecule has 0 radical (unpaired) electrons. The highest BCUT2D eigenvalue weighted by atomic mass is 35.5. The minimum absolute atomic E-state index is 0.705. The molecule has 84 valence electrons. The van der Waals surface area contributed by atoms with E-state index in [2.05, 4.69) is 15.1 Å². The molecule has 17 heavy (non-hydrogen) atoms. The van der Waals surface area contributed by atoms with E-state index in [4.69, 9.17) is 11.6 Å². The maximum absolute atomic E-state index is 5.86. The second-order valence-corrected chi connectivity index (χ2v) is 4.17. The maximum Gasteiger partial charge on any atom is 0.166 e. The zero-order chi connectivity index (χ0) is 11.8. The minimum atomic E-state index is 0.705. The van der Waals surface area contributed by atoms with Gasteiger partial charge in [0.2, 0.25) is 0 Å². The smallest absolute Gasteiger partial charge is 0.166 e. The monoisotopic (exact) mass is 244 g/mol. The van der Waals surface area contributed by atoms with Crippen LogP contribution in [0.5, 0.6) is 0 Å². The van der Waals surface area contributed by atoms with Crippen LogP contribution in [0.4, 0.5) is 0 Å². The molecule has 0 atom stereocenters. The Hall–Kier alpha value is -1.94. The molecular weight excluding hydrogens is 236 g/mol. The van der Waals surface area contributed by atoms with Crippen molar-refractivity contribution in [3.8, 4) is 5.69 Å². The summed E-state index contributed by atoms with van der Waals surface area (Å²) in [5.41, 5.74) is 1.74. The molecule has 0 N–H and O–H groups in total. The molecule has 5 heteroatoms. The molecular formula is C12H9ClN4. The highest BCUT2D eigenvalue weighted by molar-refractivity contribution is 6.30. The largest absolute Gasteiger partial charge is 0.241 e. The molecule has 0 aliphatic rings. The van der Waals surface area contributed by atoms with E-state index in [1.807, 2.05) is 31.2 Å². The summed E-state index contributed by atoms with van der Waals surface area (Å²) in [5.74, 6) is 0.730. The van der Waals surface area contributed by atoms with E-state index in [1.165, 1.54) is 0 Å². The highest BCUT2D eigenvalue weighted by Gasteiger charge is 2.06. The SMILES string of the molecule is Cc1ncc2cnn(-c3ccc(Cl)cc3)c2n1. The van der Waals surface area contributed by atoms with Gasteiger partial charge in [0.25, 0.3) is 0 Å². The Kier molecular flexibility index (Phi) is 2.30. The van der Waals surface area contributed by atoms with Crippen molar-refractivity contribution in [2.45, 2.75) is 6.92 Å². The number of aromatic nitrogens is 4. The van der Waals surface area contributed by atoms with Crippen LogP contribution in [-0.4, -0.2) is 19.7 Å². The Morgan fingerprint density at radius 3 is 2.65 bits per heavy atom. The van der Waals surface area contributed by atoms with Gasteiger partial charge in [0, 0.05) is 11.2 Å². The quantitative estimate of drug-likeness (QED) is 0.661. The van der Waals surface area contributed by atoms with Gasteiger partial charge in [-0.3, -0.25) is 0 Å². The van der Waals surface area contributed by atoms with Gasteiger partial charge in [0.15, 0.2) is 5.65 Å². The Labute approximate surface area is 103 Å². The average molecular weight is 245 g/mol. The predicted octanol–water partition coefficient (Wildman–Crippen LogP) is 2.78. The van der Waals surface area contributed by atoms with Gasteiger partial charge < -0.3 is 0 Å². The molecule has 0 aliphatic heterocycles. The molecule has 4 nitrogen and oxygen atoms in total. The summed E-state index contributed by atoms with van der Waals surface area (Å²) >= 11 is 5.86. The number of halogens is 1. The summed E-state index contributed by atoms with van der Waals surface area (Å²) in [6.07, 6.45) is 3.53. The third-order valence-corrected chi connectivity index (χ3v) is 2.75. The Morgan fingerprint density at radius 2 is 1.88 bits per heavy atom. The fourth-order valence-corrected chi connectivity index (χ4v) is 1.80. The molecule has 2 aromatic heterocycles. The van der Waals surface area contributed by atoms with E-state index in [9.17, 15) is 0 Å². The number of hydrogen-bond acceptors (Lipinski definition) is 3. The average Bonchev–Trinajstić information content (AvgIpc) is 2.73. The lowest BCUT2D eigenvalue weighted by atomic mass is 10.3. The second kappa shape index (κ2) is 3.82. The maximum atomic E-state index is 5.86. The molecule has 0 amide bonds. The Morgan fingerprint density at radius 1 is 1.12 bits per heavy atom. The summed E-state index contributed by atoms with van der Waals surface area (Å²) in [6.45, 7) is 1.86. The molecule has 0 unspecified atom stereocenters. The second-order valence-electron chi connectivity index (χ2n) is 3.73. The lowest BCUT2D eigenvalue weighted by Gasteiger charge is -2.02. The highest BCUT2D eigenvalue weighted by Crippen LogP contribution is 2.17. The lowest BCUT2D eigenvalue weighted by molar-refractivity contribution is 0.889. The van der Waals surface area contributed by atoms with Crippen LogP contribution in [0.2, 0.25) is 5.02 Å². The molecule has 0 saturated carbocycles. The third kappa shape index (κ3) is 1.76. The van der Waals surface area contributed by atoms with Gasteiger partial charge in [0.1, 0.15) is 5.82 Å². The van der Waals surface area contributed by atoms with E-state index in [1.54, 1.807) is 17.1 Å². The number of fused-ring (bicyclic) bond motifs is 1. The number of hydrogen-bond donors (Lipinski definition) is 0. The topological polar surface area (TPSA) is 43.6 Å². The number of benzene rings is 1. The van der Waals surface area contributed by atoms with Gasteiger partial charge in [0.05, 0.1) is 17.3 Å². The van der Waals surface area contributed by atoms with Gasteiger partial charge in [-0.05, 0) is 31.2 Å². The van der Waals surface area contributed by atoms with Crippen molar-refractivity contribution in [3.63, 3.8) is 0 Å². The normalized spacial score (nSPS) is 10.9. The van der Waals surface area contributed by atoms with Gasteiger partial charge in [-0.1, -0.05) is 11.6 Å². The molecule has 0 bridgehead atoms. The zero-order valence-electron chi connectivity index (χ0n) is 9.13. The summed E-state index contributed by atoms with van der Waals surface area (Å²) in [4.78, 5) is 8.53. The van der Waals surface area contributed by atoms with Gasteiger partial charge in [-0.2, -0.15) is 5.10 Å². The summed E-state index contributed by atoms with van der Waals surface area (Å²) in [7, 11) is 0. The molecule has 2 heterocycles. The van der Waals surface area contributed by atoms with Crippen molar-refractivity contribution in [3.05, 3.63) is 47.5 Å². The molecule has 1 aromatic carbocycles. The minimum Gasteiger partial charge on any atom is -0.241 e. The van der Waals surface area contributed by atoms with Gasteiger partial charge >= 0.3 is 0 Å². The summed E-state index contributed by atoms with van der Waals surface area (Å²) in [6, 6.07) is 7.48. The van der Waals surface area contributed by atoms with Crippen LogP contribution in [0.1, 0.15) is 5.82 Å². The Bertz CT molecular complexity index is 673. The molecule has 3 rings (SSSR count). The standard InChI is InChI=1S/C12H9ClN4/c1-8-14-6-9-7-15-17(12(9)16-8)11-4-2-10(13)3-5-11/h2-7H,1H3. The van der Waals surface area contributed by atoms with E-state index in [-0.39, 0.29) is 0 Å². The molecule has 0 spiro atoms. The predicted molar refractivity (Wildman–Crippen MR) is 66.4 cm³/mol. The summed E-state index contributed by atoms with van der Waals surface area (Å²) < 4.78 is 1.78. The first-order chi connectivity index (χ1) is 8.24. The van der Waals surface area contributed by atoms with Crippen molar-refractivity contribution in [2.75, 3.05) is 0 Å². The zero-order valence-corrected chi connectivity index (χ0v) is 9.89. The molecule has 3 aromatic rings. The number of rotatable bonds is 1. The van der Waals surface area contributed by atoms with Crippen LogP contribution in [0.15, 0.2) is 36.7 Å². The fraction of sp³-hybridized carbons (Fsp3) is 0.0833. The van der Waals surface area contributed by atoms with Gasteiger partial charge in [-0.25, -0.2) is 14.6 Å². The van der Waals surface area contributed by atoms with E-state index in [0.29, 0.717) is 5.02 Å². The van der Waals surface area contributed by atoms with Crippen LogP contribution in [0.3, 0.4) is 0 Å². The summed E-state index contributed by atoms with van der Waals surface area (Å²) in [5, 5.41) is 5.93. The first kappa shape index (κ1) is 10.2. The van der Waals surface area contributed by atoms with Crippen molar-refractivity contribution >= 4 is 22.6 Å². The van der Waals surface area contributed by atoms with Gasteiger partial charge in [-0.15, -0.1) is 0 Å². The van der Waals surface area contributed by atoms with Crippen LogP contribution in [0, 0.1) is 6.92 Å². The van der Waals surface area contributed by atoms with Crippen molar-refractivity contribution in [1.29, 1.82) is 0 Å². The van der Waals surface area contributed by atoms with Crippen LogP contribution in [-0.2, 0) is 0 Å². The van der Waals surface area contributed by atoms with Crippen LogP contribution in [0.25, 0.3) is 16.7 Å². The number of aryl methyl sites for hydroxylation is 1. The fourth-order valence-electron chi connectivity index (χ4n) is 1.67. The molecule has 0 aliphatic carbocycles. The van der Waals surface area contributed by atoms with Crippen molar-refractivity contribution < 1.29 is 0 Å². The van der Waals surface area contributed by atoms with Crippen LogP contribution < -0.4 is 0 Å². The van der Waals surface area contributed by atoms with Crippen molar-refractivity contribution in [1.82, 2.24) is 19.7 Å². The van der Waals surface area contributed by atoms with E-state index < -0.39 is 0 Å². The Balaban J connectivity index is 2.23. The molecule has 0 fully saturated rings. The lowest BCUT2D eigenvalue weighted by Crippen LogP contribution is -1.98. The van der Waals surface area contributed by atoms with Crippen LogP contribution >= 0.6 is 11.6 Å². The number of nitrogens with zero attached hydrogens (tertiary/aromatic N) is 4. The third-order valence-electron chi connectivity index (χ3n) is 2.50. The van der Waals surface area contributed by atoms with E-state index in [0.717, 1.165) is 22.5 Å². The van der Waals surface area contributed by atoms with E-state index >= 15 is 0 Å².